The summed E-state index contributed by atoms with van der Waals surface area (Å²) in [5.41, 5.74) is 5.35. The molecule has 33 heavy (non-hydrogen) atoms. The van der Waals surface area contributed by atoms with Crippen LogP contribution in [0.15, 0.2) is 36.4 Å². The SMILES string of the molecule is CC(C)Oc1ccc(-c2nnc(-c3cccc4c3CCCC4NCCN(C)C)s2)cc1C#N. The summed E-state index contributed by atoms with van der Waals surface area (Å²) in [6, 6.07) is 14.8. The van der Waals surface area contributed by atoms with Gasteiger partial charge in [-0.2, -0.15) is 5.26 Å². The van der Waals surface area contributed by atoms with Gasteiger partial charge >= 0.3 is 0 Å². The zero-order chi connectivity index (χ0) is 23.4. The molecule has 1 heterocycles. The van der Waals surface area contributed by atoms with Crippen molar-refractivity contribution < 1.29 is 4.74 Å². The third-order valence-corrected chi connectivity index (χ3v) is 6.83. The van der Waals surface area contributed by atoms with Gasteiger partial charge in [-0.25, -0.2) is 0 Å². The molecule has 0 spiro atoms. The number of aromatic nitrogens is 2. The minimum atomic E-state index is 0.0153. The van der Waals surface area contributed by atoms with Crippen molar-refractivity contribution in [2.45, 2.75) is 45.3 Å². The molecule has 2 aromatic carbocycles. The van der Waals surface area contributed by atoms with Crippen LogP contribution in [0.1, 0.15) is 49.4 Å². The van der Waals surface area contributed by atoms with Crippen LogP contribution < -0.4 is 10.1 Å². The lowest BCUT2D eigenvalue weighted by molar-refractivity contribution is 0.242. The van der Waals surface area contributed by atoms with Crippen LogP contribution in [0, 0.1) is 11.3 Å². The van der Waals surface area contributed by atoms with Gasteiger partial charge in [0, 0.05) is 30.3 Å². The Morgan fingerprint density at radius 1 is 1.21 bits per heavy atom. The lowest BCUT2D eigenvalue weighted by Crippen LogP contribution is -2.31. The summed E-state index contributed by atoms with van der Waals surface area (Å²) >= 11 is 1.57. The molecule has 3 aromatic rings. The van der Waals surface area contributed by atoms with Crippen molar-refractivity contribution in [3.05, 3.63) is 53.1 Å². The summed E-state index contributed by atoms with van der Waals surface area (Å²) in [5, 5.41) is 24.0. The Morgan fingerprint density at radius 2 is 2.03 bits per heavy atom. The lowest BCUT2D eigenvalue weighted by Gasteiger charge is -2.28. The Bertz CT molecular complexity index is 1150. The number of ether oxygens (including phenoxy) is 1. The summed E-state index contributed by atoms with van der Waals surface area (Å²) in [6.45, 7) is 5.91. The lowest BCUT2D eigenvalue weighted by atomic mass is 9.85. The fourth-order valence-corrected chi connectivity index (χ4v) is 5.17. The van der Waals surface area contributed by atoms with Crippen LogP contribution in [0.4, 0.5) is 0 Å². The topological polar surface area (TPSA) is 74.1 Å². The number of fused-ring (bicyclic) bond motifs is 1. The van der Waals surface area contributed by atoms with E-state index < -0.39 is 0 Å². The van der Waals surface area contributed by atoms with Gasteiger partial charge in [0.2, 0.25) is 0 Å². The molecular formula is C26H31N5OS. The van der Waals surface area contributed by atoms with Gasteiger partial charge < -0.3 is 15.0 Å². The second-order valence-electron chi connectivity index (χ2n) is 8.98. The second-order valence-corrected chi connectivity index (χ2v) is 9.95. The molecule has 1 aliphatic carbocycles. The molecule has 1 aromatic heterocycles. The quantitative estimate of drug-likeness (QED) is 0.505. The van der Waals surface area contributed by atoms with Gasteiger partial charge in [-0.05, 0) is 76.5 Å². The van der Waals surface area contributed by atoms with Crippen molar-refractivity contribution in [2.75, 3.05) is 27.2 Å². The fraction of sp³-hybridized carbons (Fsp3) is 0.423. The molecule has 1 atom stereocenters. The molecule has 0 fully saturated rings. The van der Waals surface area contributed by atoms with Gasteiger partial charge in [0.25, 0.3) is 0 Å². The second kappa shape index (κ2) is 10.4. The van der Waals surface area contributed by atoms with Crippen molar-refractivity contribution in [1.29, 1.82) is 5.26 Å². The maximum absolute atomic E-state index is 9.56. The summed E-state index contributed by atoms with van der Waals surface area (Å²) in [5.74, 6) is 0.603. The van der Waals surface area contributed by atoms with E-state index in [-0.39, 0.29) is 6.10 Å². The Kier molecular flexibility index (Phi) is 7.39. The average molecular weight is 462 g/mol. The van der Waals surface area contributed by atoms with E-state index in [0.717, 1.165) is 47.9 Å². The molecule has 0 radical (unpaired) electrons. The van der Waals surface area contributed by atoms with Crippen molar-refractivity contribution in [3.8, 4) is 33.0 Å². The first-order chi connectivity index (χ1) is 16.0. The van der Waals surface area contributed by atoms with Crippen LogP contribution in [-0.4, -0.2) is 48.4 Å². The molecule has 1 aliphatic rings. The summed E-state index contributed by atoms with van der Waals surface area (Å²) in [4.78, 5) is 2.20. The van der Waals surface area contributed by atoms with E-state index in [1.54, 1.807) is 11.3 Å². The molecular weight excluding hydrogens is 430 g/mol. The number of rotatable bonds is 8. The monoisotopic (exact) mass is 461 g/mol. The summed E-state index contributed by atoms with van der Waals surface area (Å²) in [7, 11) is 4.21. The molecule has 0 saturated heterocycles. The van der Waals surface area contributed by atoms with Gasteiger partial charge in [0.15, 0.2) is 0 Å². The van der Waals surface area contributed by atoms with Crippen LogP contribution in [0.2, 0.25) is 0 Å². The maximum Gasteiger partial charge on any atom is 0.148 e. The smallest absolute Gasteiger partial charge is 0.148 e. The van der Waals surface area contributed by atoms with Crippen molar-refractivity contribution in [3.63, 3.8) is 0 Å². The first-order valence-corrected chi connectivity index (χ1v) is 12.3. The number of nitrogens with zero attached hydrogens (tertiary/aromatic N) is 4. The van der Waals surface area contributed by atoms with Gasteiger partial charge in [-0.3, -0.25) is 0 Å². The number of hydrogen-bond acceptors (Lipinski definition) is 7. The molecule has 4 rings (SSSR count). The van der Waals surface area contributed by atoms with E-state index in [1.807, 2.05) is 32.0 Å². The van der Waals surface area contributed by atoms with Crippen LogP contribution in [-0.2, 0) is 6.42 Å². The predicted octanol–water partition coefficient (Wildman–Crippen LogP) is 5.06. The Balaban J connectivity index is 1.60. The highest BCUT2D eigenvalue weighted by molar-refractivity contribution is 7.17. The van der Waals surface area contributed by atoms with Crippen LogP contribution in [0.3, 0.4) is 0 Å². The van der Waals surface area contributed by atoms with E-state index in [2.05, 4.69) is 58.8 Å². The number of benzene rings is 2. The minimum Gasteiger partial charge on any atom is -0.490 e. The first-order valence-electron chi connectivity index (χ1n) is 11.5. The standard InChI is InChI=1S/C26H31N5OS/c1-17(2)32-24-12-11-18(15-19(24)16-27)25-29-30-26(33-25)22-9-5-8-21-20(22)7-6-10-23(21)28-13-14-31(3)4/h5,8-9,11-12,15,17,23,28H,6-7,10,13-14H2,1-4H3. The van der Waals surface area contributed by atoms with Crippen molar-refractivity contribution in [1.82, 2.24) is 20.4 Å². The van der Waals surface area contributed by atoms with Crippen molar-refractivity contribution >= 4 is 11.3 Å². The zero-order valence-corrected chi connectivity index (χ0v) is 20.6. The van der Waals surface area contributed by atoms with E-state index in [4.69, 9.17) is 4.74 Å². The summed E-state index contributed by atoms with van der Waals surface area (Å²) in [6.07, 6.45) is 3.40. The minimum absolute atomic E-state index is 0.0153. The van der Waals surface area contributed by atoms with E-state index in [9.17, 15) is 5.26 Å². The summed E-state index contributed by atoms with van der Waals surface area (Å²) < 4.78 is 5.75. The number of hydrogen-bond donors (Lipinski definition) is 1. The molecule has 0 bridgehead atoms. The normalized spacial score (nSPS) is 15.5. The van der Waals surface area contributed by atoms with Gasteiger partial charge in [0.1, 0.15) is 21.8 Å². The third kappa shape index (κ3) is 5.41. The fourth-order valence-electron chi connectivity index (χ4n) is 4.28. The molecule has 0 saturated carbocycles. The molecule has 1 unspecified atom stereocenters. The van der Waals surface area contributed by atoms with E-state index >= 15 is 0 Å². The van der Waals surface area contributed by atoms with E-state index in [1.165, 1.54) is 16.7 Å². The molecule has 6 nitrogen and oxygen atoms in total. The highest BCUT2D eigenvalue weighted by Crippen LogP contribution is 2.39. The van der Waals surface area contributed by atoms with Crippen LogP contribution >= 0.6 is 11.3 Å². The average Bonchev–Trinajstić information content (AvgIpc) is 3.28. The highest BCUT2D eigenvalue weighted by Gasteiger charge is 2.24. The van der Waals surface area contributed by atoms with Crippen LogP contribution in [0.25, 0.3) is 21.1 Å². The molecule has 1 N–H and O–H groups in total. The Hall–Kier alpha value is -2.79. The third-order valence-electron chi connectivity index (χ3n) is 5.82. The van der Waals surface area contributed by atoms with Gasteiger partial charge in [0.05, 0.1) is 11.7 Å². The van der Waals surface area contributed by atoms with Gasteiger partial charge in [-0.1, -0.05) is 29.5 Å². The number of likely N-dealkylation sites (N-methyl/N-ethyl adjacent to an activating group) is 1. The molecule has 0 aliphatic heterocycles. The first kappa shape index (κ1) is 23.4. The Morgan fingerprint density at radius 3 is 2.79 bits per heavy atom. The molecule has 172 valence electrons. The van der Waals surface area contributed by atoms with Crippen LogP contribution in [0.5, 0.6) is 5.75 Å². The van der Waals surface area contributed by atoms with E-state index in [0.29, 0.717) is 17.4 Å². The number of nitrogens with one attached hydrogen (secondary N) is 1. The predicted molar refractivity (Wildman–Crippen MR) is 133 cm³/mol. The zero-order valence-electron chi connectivity index (χ0n) is 19.8. The Labute approximate surface area is 200 Å². The molecule has 0 amide bonds. The van der Waals surface area contributed by atoms with Crippen molar-refractivity contribution in [2.24, 2.45) is 0 Å². The van der Waals surface area contributed by atoms with Gasteiger partial charge in [-0.15, -0.1) is 10.2 Å². The largest absolute Gasteiger partial charge is 0.490 e. The number of nitriles is 1. The highest BCUT2D eigenvalue weighted by atomic mass is 32.1. The maximum atomic E-state index is 9.56. The molecule has 7 heteroatoms.